The molecule has 0 saturated heterocycles. The first-order valence-electron chi connectivity index (χ1n) is 10.0. The van der Waals surface area contributed by atoms with Crippen molar-refractivity contribution >= 4 is 39.0 Å². The highest BCUT2D eigenvalue weighted by Crippen LogP contribution is 2.31. The molecule has 32 heavy (non-hydrogen) atoms. The van der Waals surface area contributed by atoms with Gasteiger partial charge in [-0.3, -0.25) is 4.57 Å². The predicted molar refractivity (Wildman–Crippen MR) is 133 cm³/mol. The Balaban J connectivity index is 1.40. The quantitative estimate of drug-likeness (QED) is 0.214. The summed E-state index contributed by atoms with van der Waals surface area (Å²) in [5.74, 6) is 2.37. The van der Waals surface area contributed by atoms with E-state index in [4.69, 9.17) is 9.40 Å². The molecule has 5 aromatic rings. The van der Waals surface area contributed by atoms with Gasteiger partial charge in [0, 0.05) is 21.2 Å². The SMILES string of the molecule is Cc1occc1-c1nnc(SCc2csc(-c3cccc(Br)c3)n2)n1Cc1ccccc1. The molecular weight excluding hydrogens is 504 g/mol. The molecule has 5 rings (SSSR count). The Labute approximate surface area is 202 Å². The lowest BCUT2D eigenvalue weighted by Crippen LogP contribution is -2.04. The molecule has 0 saturated carbocycles. The summed E-state index contributed by atoms with van der Waals surface area (Å²) < 4.78 is 8.72. The van der Waals surface area contributed by atoms with Crippen molar-refractivity contribution in [3.05, 3.63) is 93.8 Å². The minimum atomic E-state index is 0.691. The van der Waals surface area contributed by atoms with Gasteiger partial charge in [-0.05, 0) is 30.7 Å². The summed E-state index contributed by atoms with van der Waals surface area (Å²) in [7, 11) is 0. The Morgan fingerprint density at radius 3 is 2.72 bits per heavy atom. The number of aromatic nitrogens is 4. The zero-order chi connectivity index (χ0) is 21.9. The van der Waals surface area contributed by atoms with Crippen LogP contribution in [-0.4, -0.2) is 19.7 Å². The first kappa shape index (κ1) is 21.2. The molecule has 0 fully saturated rings. The molecule has 0 N–H and O–H groups in total. The van der Waals surface area contributed by atoms with Crippen molar-refractivity contribution in [2.75, 3.05) is 0 Å². The molecule has 0 bridgehead atoms. The lowest BCUT2D eigenvalue weighted by Gasteiger charge is -2.10. The van der Waals surface area contributed by atoms with E-state index in [0.29, 0.717) is 6.54 Å². The number of thiazole rings is 1. The Morgan fingerprint density at radius 1 is 1.06 bits per heavy atom. The number of aryl methyl sites for hydroxylation is 1. The van der Waals surface area contributed by atoms with Gasteiger partial charge in [0.2, 0.25) is 0 Å². The summed E-state index contributed by atoms with van der Waals surface area (Å²) in [5.41, 5.74) is 4.31. The van der Waals surface area contributed by atoms with Crippen LogP contribution in [0.3, 0.4) is 0 Å². The van der Waals surface area contributed by atoms with Crippen molar-refractivity contribution in [3.8, 4) is 22.0 Å². The van der Waals surface area contributed by atoms with Gasteiger partial charge in [-0.25, -0.2) is 4.98 Å². The van der Waals surface area contributed by atoms with Crippen LogP contribution in [0.15, 0.2) is 86.4 Å². The fourth-order valence-electron chi connectivity index (χ4n) is 3.39. The largest absolute Gasteiger partial charge is 0.469 e. The van der Waals surface area contributed by atoms with Gasteiger partial charge < -0.3 is 4.42 Å². The first-order valence-corrected chi connectivity index (χ1v) is 12.7. The van der Waals surface area contributed by atoms with Crippen molar-refractivity contribution in [1.82, 2.24) is 19.7 Å². The third-order valence-corrected chi connectivity index (χ3v) is 7.41. The van der Waals surface area contributed by atoms with E-state index in [1.165, 1.54) is 5.56 Å². The number of thioether (sulfide) groups is 1. The lowest BCUT2D eigenvalue weighted by molar-refractivity contribution is 0.534. The molecule has 0 aliphatic rings. The standard InChI is InChI=1S/C24H19BrN4OS2/c1-16-21(10-11-30-16)22-27-28-24(29(22)13-17-6-3-2-4-7-17)32-15-20-14-31-23(26-20)18-8-5-9-19(25)12-18/h2-12,14H,13,15H2,1H3. The molecule has 0 amide bonds. The molecule has 0 aliphatic carbocycles. The average Bonchev–Trinajstić information content (AvgIpc) is 3.53. The normalized spacial score (nSPS) is 11.2. The van der Waals surface area contributed by atoms with Crippen molar-refractivity contribution in [2.24, 2.45) is 0 Å². The van der Waals surface area contributed by atoms with Crippen LogP contribution in [0.2, 0.25) is 0 Å². The second-order valence-electron chi connectivity index (χ2n) is 7.21. The van der Waals surface area contributed by atoms with Gasteiger partial charge in [0.25, 0.3) is 0 Å². The number of hydrogen-bond acceptors (Lipinski definition) is 6. The van der Waals surface area contributed by atoms with Crippen molar-refractivity contribution in [2.45, 2.75) is 24.4 Å². The topological polar surface area (TPSA) is 56.7 Å². The van der Waals surface area contributed by atoms with Gasteiger partial charge in [0.1, 0.15) is 10.8 Å². The number of benzene rings is 2. The Kier molecular flexibility index (Phi) is 6.25. The second kappa shape index (κ2) is 9.44. The first-order chi connectivity index (χ1) is 15.7. The number of rotatable bonds is 7. The molecule has 2 aromatic carbocycles. The van der Waals surface area contributed by atoms with Crippen LogP contribution in [0, 0.1) is 6.92 Å². The number of nitrogens with zero attached hydrogens (tertiary/aromatic N) is 4. The molecule has 5 nitrogen and oxygen atoms in total. The minimum absolute atomic E-state index is 0.691. The van der Waals surface area contributed by atoms with Gasteiger partial charge >= 0.3 is 0 Å². The van der Waals surface area contributed by atoms with Gasteiger partial charge in [-0.1, -0.05) is 70.2 Å². The van der Waals surface area contributed by atoms with Crippen molar-refractivity contribution in [1.29, 1.82) is 0 Å². The highest BCUT2D eigenvalue weighted by molar-refractivity contribution is 9.10. The van der Waals surface area contributed by atoms with Crippen LogP contribution in [0.1, 0.15) is 17.0 Å². The average molecular weight is 523 g/mol. The fourth-order valence-corrected chi connectivity index (χ4v) is 5.54. The third-order valence-electron chi connectivity index (χ3n) is 4.97. The maximum atomic E-state index is 5.52. The van der Waals surface area contributed by atoms with E-state index in [2.05, 4.69) is 60.3 Å². The molecule has 0 aliphatic heterocycles. The van der Waals surface area contributed by atoms with Crippen LogP contribution in [-0.2, 0) is 12.3 Å². The summed E-state index contributed by atoms with van der Waals surface area (Å²) in [4.78, 5) is 4.83. The number of hydrogen-bond donors (Lipinski definition) is 0. The Hall–Kier alpha value is -2.68. The molecule has 0 spiro atoms. The molecule has 8 heteroatoms. The smallest absolute Gasteiger partial charge is 0.192 e. The van der Waals surface area contributed by atoms with E-state index < -0.39 is 0 Å². The van der Waals surface area contributed by atoms with Crippen molar-refractivity contribution < 1.29 is 4.42 Å². The molecular formula is C24H19BrN4OS2. The van der Waals surface area contributed by atoms with E-state index >= 15 is 0 Å². The molecule has 0 atom stereocenters. The summed E-state index contributed by atoms with van der Waals surface area (Å²) >= 11 is 6.84. The van der Waals surface area contributed by atoms with Crippen molar-refractivity contribution in [3.63, 3.8) is 0 Å². The van der Waals surface area contributed by atoms with Gasteiger partial charge in [-0.2, -0.15) is 0 Å². The van der Waals surface area contributed by atoms with E-state index in [1.807, 2.05) is 43.3 Å². The highest BCUT2D eigenvalue weighted by atomic mass is 79.9. The maximum Gasteiger partial charge on any atom is 0.192 e. The zero-order valence-electron chi connectivity index (χ0n) is 17.2. The van der Waals surface area contributed by atoms with Crippen LogP contribution < -0.4 is 0 Å². The summed E-state index contributed by atoms with van der Waals surface area (Å²) in [6.45, 7) is 2.64. The lowest BCUT2D eigenvalue weighted by atomic mass is 10.2. The molecule has 3 heterocycles. The number of furan rings is 1. The maximum absolute atomic E-state index is 5.52. The molecule has 160 valence electrons. The predicted octanol–water partition coefficient (Wildman–Crippen LogP) is 7.07. The summed E-state index contributed by atoms with van der Waals surface area (Å²) in [5, 5.41) is 13.0. The minimum Gasteiger partial charge on any atom is -0.469 e. The summed E-state index contributed by atoms with van der Waals surface area (Å²) in [6.07, 6.45) is 1.69. The fraction of sp³-hybridized carbons (Fsp3) is 0.125. The van der Waals surface area contributed by atoms with E-state index in [1.54, 1.807) is 29.4 Å². The van der Waals surface area contributed by atoms with Crippen LogP contribution >= 0.6 is 39.0 Å². The van der Waals surface area contributed by atoms with E-state index in [-0.39, 0.29) is 0 Å². The molecule has 3 aromatic heterocycles. The monoisotopic (exact) mass is 522 g/mol. The zero-order valence-corrected chi connectivity index (χ0v) is 20.5. The second-order valence-corrected chi connectivity index (χ2v) is 9.93. The Morgan fingerprint density at radius 2 is 1.94 bits per heavy atom. The van der Waals surface area contributed by atoms with Gasteiger partial charge in [0.05, 0.1) is 24.1 Å². The van der Waals surface area contributed by atoms with Gasteiger partial charge in [-0.15, -0.1) is 21.5 Å². The van der Waals surface area contributed by atoms with Crippen LogP contribution in [0.4, 0.5) is 0 Å². The Bertz CT molecular complexity index is 1340. The third kappa shape index (κ3) is 4.57. The van der Waals surface area contributed by atoms with E-state index in [0.717, 1.165) is 48.8 Å². The molecule has 0 unspecified atom stereocenters. The number of halogens is 1. The van der Waals surface area contributed by atoms with Gasteiger partial charge in [0.15, 0.2) is 11.0 Å². The van der Waals surface area contributed by atoms with E-state index in [9.17, 15) is 0 Å². The van der Waals surface area contributed by atoms with Crippen LogP contribution in [0.5, 0.6) is 0 Å². The summed E-state index contributed by atoms with van der Waals surface area (Å²) in [6, 6.07) is 20.5. The van der Waals surface area contributed by atoms with Crippen LogP contribution in [0.25, 0.3) is 22.0 Å². The molecule has 0 radical (unpaired) electrons. The highest BCUT2D eigenvalue weighted by Gasteiger charge is 2.18.